The third-order valence-electron chi connectivity index (χ3n) is 3.06. The summed E-state index contributed by atoms with van der Waals surface area (Å²) in [7, 11) is 0. The fraction of sp³-hybridized carbons (Fsp3) is 0. The molecule has 2 aromatic heterocycles. The van der Waals surface area contributed by atoms with Gasteiger partial charge in [0.2, 0.25) is 0 Å². The fourth-order valence-electron chi connectivity index (χ4n) is 2.12. The summed E-state index contributed by atoms with van der Waals surface area (Å²) < 4.78 is 0. The van der Waals surface area contributed by atoms with Crippen LogP contribution in [0.4, 0.5) is 0 Å². The molecule has 1 aromatic carbocycles. The number of rotatable bonds is 2. The van der Waals surface area contributed by atoms with Gasteiger partial charge in [-0.1, -0.05) is 0 Å². The first-order valence-electron chi connectivity index (χ1n) is 6.15. The molecule has 0 aliphatic heterocycles. The van der Waals surface area contributed by atoms with Crippen molar-refractivity contribution in [1.29, 1.82) is 0 Å². The number of pyridine rings is 1. The molecule has 0 radical (unpaired) electrons. The zero-order chi connectivity index (χ0) is 13.1. The van der Waals surface area contributed by atoms with Crippen molar-refractivity contribution < 1.29 is 5.11 Å². The summed E-state index contributed by atoms with van der Waals surface area (Å²) in [6.45, 7) is 1.98. The summed E-state index contributed by atoms with van der Waals surface area (Å²) in [4.78, 5) is 4.28. The molecule has 3 heteroatoms. The van der Waals surface area contributed by atoms with E-state index in [9.17, 15) is 5.11 Å². The first-order chi connectivity index (χ1) is 9.36. The van der Waals surface area contributed by atoms with E-state index in [0.29, 0.717) is 0 Å². The summed E-state index contributed by atoms with van der Waals surface area (Å²) in [5, 5.41) is 10.5. The van der Waals surface area contributed by atoms with E-state index in [-0.39, 0.29) is 5.75 Å². The average Bonchev–Trinajstić information content (AvgIpc) is 2.49. The second kappa shape index (κ2) is 5.06. The number of aromatic hydroxyl groups is 1. The average molecular weight is 245 g/mol. The number of para-hydroxylation sites is 1. The van der Waals surface area contributed by atoms with Gasteiger partial charge in [0.15, 0.2) is 0 Å². The Hall–Kier alpha value is -2.42. The molecule has 0 saturated heterocycles. The van der Waals surface area contributed by atoms with E-state index in [0.717, 1.165) is 22.3 Å². The number of nitrogens with zero attached hydrogens (tertiary/aromatic N) is 1. The Morgan fingerprint density at radius 2 is 1.68 bits per heavy atom. The molecule has 3 rings (SSSR count). The molecule has 19 heavy (non-hydrogen) atoms. The SMILES string of the molecule is Oc1c(-c2bcccc2)cccc1-c1ccccn1. The van der Waals surface area contributed by atoms with Crippen LogP contribution in [0.2, 0.25) is 0 Å². The van der Waals surface area contributed by atoms with Crippen molar-refractivity contribution in [2.45, 2.75) is 0 Å². The molecule has 3 aromatic rings. The second-order valence-corrected chi connectivity index (χ2v) is 4.28. The predicted octanol–water partition coefficient (Wildman–Crippen LogP) is 3.46. The van der Waals surface area contributed by atoms with E-state index in [4.69, 9.17) is 0 Å². The zero-order valence-corrected chi connectivity index (χ0v) is 10.3. The minimum absolute atomic E-state index is 0.271. The molecule has 2 heterocycles. The Kier molecular flexibility index (Phi) is 3.11. The fourth-order valence-corrected chi connectivity index (χ4v) is 2.12. The van der Waals surface area contributed by atoms with E-state index in [1.165, 1.54) is 0 Å². The van der Waals surface area contributed by atoms with Gasteiger partial charge in [-0.3, -0.25) is 0 Å². The third kappa shape index (κ3) is 2.27. The summed E-state index contributed by atoms with van der Waals surface area (Å²) in [5.74, 6) is 2.23. The molecule has 0 amide bonds. The van der Waals surface area contributed by atoms with Crippen molar-refractivity contribution in [3.8, 4) is 28.0 Å². The quantitative estimate of drug-likeness (QED) is 0.749. The summed E-state index contributed by atoms with van der Waals surface area (Å²) in [6.07, 6.45) is 1.73. The van der Waals surface area contributed by atoms with E-state index >= 15 is 0 Å². The number of aromatic nitrogens is 1. The maximum atomic E-state index is 10.5. The van der Waals surface area contributed by atoms with Crippen LogP contribution >= 0.6 is 0 Å². The molecule has 0 aliphatic carbocycles. The van der Waals surface area contributed by atoms with Crippen molar-refractivity contribution in [2.24, 2.45) is 0 Å². The van der Waals surface area contributed by atoms with Crippen LogP contribution in [-0.4, -0.2) is 17.0 Å². The first-order valence-corrected chi connectivity index (χ1v) is 6.15. The maximum absolute atomic E-state index is 10.5. The van der Waals surface area contributed by atoms with Gasteiger partial charge < -0.3 is 0 Å². The molecule has 0 unspecified atom stereocenters. The van der Waals surface area contributed by atoms with E-state index in [1.807, 2.05) is 67.5 Å². The number of hydrogen-bond donors (Lipinski definition) is 1. The van der Waals surface area contributed by atoms with Gasteiger partial charge in [0.05, 0.1) is 0 Å². The topological polar surface area (TPSA) is 33.1 Å². The third-order valence-corrected chi connectivity index (χ3v) is 3.06. The van der Waals surface area contributed by atoms with Gasteiger partial charge in [-0.05, 0) is 0 Å². The van der Waals surface area contributed by atoms with Gasteiger partial charge >= 0.3 is 112 Å². The molecule has 0 spiro atoms. The number of benzene rings is 1. The van der Waals surface area contributed by atoms with E-state index in [1.54, 1.807) is 6.20 Å². The monoisotopic (exact) mass is 245 g/mol. The van der Waals surface area contributed by atoms with Crippen LogP contribution < -0.4 is 0 Å². The number of hydrogen-bond acceptors (Lipinski definition) is 2. The van der Waals surface area contributed by atoms with Gasteiger partial charge in [0.1, 0.15) is 0 Å². The molecule has 0 atom stereocenters. The van der Waals surface area contributed by atoms with Crippen molar-refractivity contribution >= 4 is 6.91 Å². The van der Waals surface area contributed by atoms with Crippen molar-refractivity contribution in [3.63, 3.8) is 0 Å². The van der Waals surface area contributed by atoms with Gasteiger partial charge in [0, 0.05) is 0 Å². The van der Waals surface area contributed by atoms with Gasteiger partial charge in [-0.2, -0.15) is 0 Å². The predicted molar refractivity (Wildman–Crippen MR) is 78.1 cm³/mol. The Morgan fingerprint density at radius 1 is 0.842 bits per heavy atom. The Labute approximate surface area is 112 Å². The van der Waals surface area contributed by atoms with Gasteiger partial charge in [-0.15, -0.1) is 0 Å². The normalized spacial score (nSPS) is 10.1. The second-order valence-electron chi connectivity index (χ2n) is 4.28. The summed E-state index contributed by atoms with van der Waals surface area (Å²) in [5.41, 5.74) is 3.35. The van der Waals surface area contributed by atoms with Crippen LogP contribution in [0.25, 0.3) is 22.3 Å². The Balaban J connectivity index is 2.15. The van der Waals surface area contributed by atoms with Gasteiger partial charge in [0.25, 0.3) is 0 Å². The number of phenolic OH excluding ortho intramolecular Hbond substituents is 1. The molecule has 0 bridgehead atoms. The van der Waals surface area contributed by atoms with Crippen LogP contribution in [0.1, 0.15) is 0 Å². The molecule has 90 valence electrons. The number of phenols is 1. The molecule has 0 aliphatic rings. The van der Waals surface area contributed by atoms with E-state index < -0.39 is 0 Å². The van der Waals surface area contributed by atoms with Crippen LogP contribution in [0.3, 0.4) is 0 Å². The van der Waals surface area contributed by atoms with Crippen molar-refractivity contribution in [2.75, 3.05) is 0 Å². The molecule has 2 nitrogen and oxygen atoms in total. The summed E-state index contributed by atoms with van der Waals surface area (Å²) >= 11 is 0. The Morgan fingerprint density at radius 3 is 2.42 bits per heavy atom. The Bertz CT molecular complexity index is 626. The van der Waals surface area contributed by atoms with Crippen LogP contribution in [0, 0.1) is 0 Å². The standard InChI is InChI=1S/C16H12BNO/c19-16-12(14-8-1-3-10-17-14)6-5-7-13(16)15-9-2-4-11-18-15/h1-11,19H. The first kappa shape index (κ1) is 11.7. The van der Waals surface area contributed by atoms with Crippen molar-refractivity contribution in [3.05, 3.63) is 66.8 Å². The molecule has 0 fully saturated rings. The molecular formula is C16H12BNO. The van der Waals surface area contributed by atoms with Gasteiger partial charge in [-0.25, -0.2) is 0 Å². The summed E-state index contributed by atoms with van der Waals surface area (Å²) in [6, 6.07) is 17.3. The molecule has 0 saturated carbocycles. The molecular weight excluding hydrogens is 233 g/mol. The molecule has 1 N–H and O–H groups in total. The van der Waals surface area contributed by atoms with Crippen LogP contribution in [0.15, 0.2) is 66.8 Å². The zero-order valence-electron chi connectivity index (χ0n) is 10.3. The van der Waals surface area contributed by atoms with Crippen molar-refractivity contribution in [1.82, 2.24) is 4.98 Å². The minimum atomic E-state index is 0.271. The van der Waals surface area contributed by atoms with E-state index in [2.05, 4.69) is 4.98 Å². The van der Waals surface area contributed by atoms with Crippen LogP contribution in [0.5, 0.6) is 5.75 Å². The van der Waals surface area contributed by atoms with Crippen LogP contribution in [-0.2, 0) is 0 Å².